The molecule has 1 aromatic carbocycles. The predicted octanol–water partition coefficient (Wildman–Crippen LogP) is 3.69. The van der Waals surface area contributed by atoms with Crippen LogP contribution < -0.4 is 10.0 Å². The van der Waals surface area contributed by atoms with Crippen LogP contribution in [0.2, 0.25) is 0 Å². The Hall–Kier alpha value is -2.85. The molecule has 0 aliphatic rings. The van der Waals surface area contributed by atoms with E-state index in [-0.39, 0.29) is 21.9 Å². The van der Waals surface area contributed by atoms with Crippen molar-refractivity contribution in [3.63, 3.8) is 0 Å². The highest BCUT2D eigenvalue weighted by Gasteiger charge is 2.20. The number of hydrogen-bond acceptors (Lipinski definition) is 7. The molecule has 1 amide bonds. The molecule has 3 rings (SSSR count). The molecule has 10 heteroatoms. The minimum absolute atomic E-state index is 0.0473. The summed E-state index contributed by atoms with van der Waals surface area (Å²) < 4.78 is 32.0. The van der Waals surface area contributed by atoms with Crippen molar-refractivity contribution in [2.45, 2.75) is 35.4 Å². The fraction of sp³-hybridized carbons (Fsp3) is 0.211. The second-order valence-corrected chi connectivity index (χ2v) is 9.03. The van der Waals surface area contributed by atoms with Gasteiger partial charge in [0.25, 0.3) is 10.0 Å². The van der Waals surface area contributed by atoms with Gasteiger partial charge in [-0.15, -0.1) is 0 Å². The van der Waals surface area contributed by atoms with Crippen LogP contribution in [0.4, 0.5) is 11.5 Å². The summed E-state index contributed by atoms with van der Waals surface area (Å²) in [5.41, 5.74) is 0.506. The van der Waals surface area contributed by atoms with Gasteiger partial charge in [-0.3, -0.25) is 9.52 Å². The highest BCUT2D eigenvalue weighted by atomic mass is 32.2. The van der Waals surface area contributed by atoms with Crippen molar-refractivity contribution in [2.75, 3.05) is 10.0 Å². The van der Waals surface area contributed by atoms with Crippen LogP contribution in [0.15, 0.2) is 69.2 Å². The van der Waals surface area contributed by atoms with Gasteiger partial charge in [0.2, 0.25) is 5.91 Å². The van der Waals surface area contributed by atoms with E-state index in [1.165, 1.54) is 30.0 Å². The monoisotopic (exact) mass is 432 g/mol. The summed E-state index contributed by atoms with van der Waals surface area (Å²) in [6, 6.07) is 12.9. The molecule has 0 radical (unpaired) electrons. The zero-order valence-electron chi connectivity index (χ0n) is 15.8. The molecular formula is C19H20N4O4S2. The second kappa shape index (κ2) is 9.10. The molecule has 0 saturated carbocycles. The zero-order chi connectivity index (χ0) is 20.9. The molecule has 3 aromatic rings. The lowest BCUT2D eigenvalue weighted by Gasteiger charge is -2.14. The molecule has 2 heterocycles. The lowest BCUT2D eigenvalue weighted by atomic mass is 10.3. The maximum Gasteiger partial charge on any atom is 0.263 e. The molecule has 152 valence electrons. The van der Waals surface area contributed by atoms with Gasteiger partial charge in [0, 0.05) is 18.0 Å². The van der Waals surface area contributed by atoms with Crippen LogP contribution in [-0.4, -0.2) is 29.7 Å². The van der Waals surface area contributed by atoms with Gasteiger partial charge in [-0.05, 0) is 49.7 Å². The smallest absolute Gasteiger partial charge is 0.263 e. The van der Waals surface area contributed by atoms with Crippen molar-refractivity contribution in [1.82, 2.24) is 10.1 Å². The van der Waals surface area contributed by atoms with E-state index >= 15 is 0 Å². The summed E-state index contributed by atoms with van der Waals surface area (Å²) in [5.74, 6) is 0.432. The van der Waals surface area contributed by atoms with E-state index in [0.29, 0.717) is 17.9 Å². The first-order chi connectivity index (χ1) is 13.9. The normalized spacial score (nSPS) is 12.3. The van der Waals surface area contributed by atoms with Gasteiger partial charge in [-0.1, -0.05) is 29.9 Å². The molecule has 8 nitrogen and oxygen atoms in total. The molecule has 0 aliphatic carbocycles. The van der Waals surface area contributed by atoms with Crippen molar-refractivity contribution in [3.8, 4) is 0 Å². The van der Waals surface area contributed by atoms with Crippen molar-refractivity contribution >= 4 is 39.2 Å². The Morgan fingerprint density at radius 1 is 1.21 bits per heavy atom. The number of aromatic nitrogens is 2. The first-order valence-corrected chi connectivity index (χ1v) is 11.2. The molecule has 0 spiro atoms. The Labute approximate surface area is 173 Å². The molecule has 0 aliphatic heterocycles. The molecule has 0 bridgehead atoms. The lowest BCUT2D eigenvalue weighted by Crippen LogP contribution is -2.24. The quantitative estimate of drug-likeness (QED) is 0.522. The van der Waals surface area contributed by atoms with Crippen LogP contribution in [0.3, 0.4) is 0 Å². The van der Waals surface area contributed by atoms with Crippen LogP contribution in [0.1, 0.15) is 19.1 Å². The maximum absolute atomic E-state index is 12.6. The number of hydrogen-bond donors (Lipinski definition) is 2. The van der Waals surface area contributed by atoms with Crippen LogP contribution in [0.5, 0.6) is 0 Å². The zero-order valence-corrected chi connectivity index (χ0v) is 17.5. The van der Waals surface area contributed by atoms with E-state index in [1.54, 1.807) is 25.3 Å². The third kappa shape index (κ3) is 5.58. The number of benzene rings is 1. The number of carbonyl (C=O) groups is 1. The van der Waals surface area contributed by atoms with Gasteiger partial charge in [0.05, 0.1) is 15.2 Å². The number of carbonyl (C=O) groups excluding carboxylic acids is 1. The summed E-state index contributed by atoms with van der Waals surface area (Å²) >= 11 is 1.38. The SMILES string of the molecule is CCC(Sc1ccccn1)C(=O)Nc1ccc(S(=O)(=O)Nc2cc(C)on2)cc1. The second-order valence-electron chi connectivity index (χ2n) is 6.12. The Balaban J connectivity index is 1.65. The van der Waals surface area contributed by atoms with Gasteiger partial charge in [0.1, 0.15) is 5.76 Å². The fourth-order valence-corrected chi connectivity index (χ4v) is 4.32. The molecule has 0 saturated heterocycles. The van der Waals surface area contributed by atoms with Gasteiger partial charge in [-0.25, -0.2) is 13.4 Å². The summed E-state index contributed by atoms with van der Waals surface area (Å²) in [7, 11) is -3.80. The first kappa shape index (κ1) is 20.9. The van der Waals surface area contributed by atoms with Crippen molar-refractivity contribution in [3.05, 3.63) is 60.5 Å². The molecular weight excluding hydrogens is 412 g/mol. The van der Waals surface area contributed by atoms with E-state index in [2.05, 4.69) is 20.2 Å². The third-order valence-electron chi connectivity index (χ3n) is 3.86. The van der Waals surface area contributed by atoms with Gasteiger partial charge >= 0.3 is 0 Å². The summed E-state index contributed by atoms with van der Waals surface area (Å²) in [4.78, 5) is 16.8. The predicted molar refractivity (Wildman–Crippen MR) is 111 cm³/mol. The topological polar surface area (TPSA) is 114 Å². The number of anilines is 2. The number of aryl methyl sites for hydroxylation is 1. The standard InChI is InChI=1S/C19H20N4O4S2/c1-3-16(28-18-6-4-5-11-20-18)19(24)21-14-7-9-15(10-8-14)29(25,26)23-17-12-13(2)27-22-17/h4-12,16H,3H2,1-2H3,(H,21,24)(H,22,23). The lowest BCUT2D eigenvalue weighted by molar-refractivity contribution is -0.115. The number of thioether (sulfide) groups is 1. The Morgan fingerprint density at radius 2 is 1.97 bits per heavy atom. The number of sulfonamides is 1. The number of nitrogens with one attached hydrogen (secondary N) is 2. The van der Waals surface area contributed by atoms with E-state index < -0.39 is 10.0 Å². The Kier molecular flexibility index (Phi) is 6.55. The molecule has 2 aromatic heterocycles. The van der Waals surface area contributed by atoms with Crippen molar-refractivity contribution in [2.24, 2.45) is 0 Å². The molecule has 2 N–H and O–H groups in total. The summed E-state index contributed by atoms with van der Waals surface area (Å²) in [6.45, 7) is 3.59. The first-order valence-electron chi connectivity index (χ1n) is 8.82. The average Bonchev–Trinajstić information content (AvgIpc) is 3.11. The summed E-state index contributed by atoms with van der Waals surface area (Å²) in [6.07, 6.45) is 2.31. The highest BCUT2D eigenvalue weighted by Crippen LogP contribution is 2.25. The Morgan fingerprint density at radius 3 is 2.55 bits per heavy atom. The maximum atomic E-state index is 12.6. The largest absolute Gasteiger partial charge is 0.360 e. The molecule has 0 fully saturated rings. The van der Waals surface area contributed by atoms with Crippen molar-refractivity contribution in [1.29, 1.82) is 0 Å². The Bertz CT molecular complexity index is 1070. The van der Waals surface area contributed by atoms with E-state index in [0.717, 1.165) is 5.03 Å². The minimum Gasteiger partial charge on any atom is -0.360 e. The van der Waals surface area contributed by atoms with E-state index in [1.807, 2.05) is 25.1 Å². The average molecular weight is 433 g/mol. The van der Waals surface area contributed by atoms with E-state index in [9.17, 15) is 13.2 Å². The third-order valence-corrected chi connectivity index (χ3v) is 6.55. The van der Waals surface area contributed by atoms with Crippen molar-refractivity contribution < 1.29 is 17.7 Å². The fourth-order valence-electron chi connectivity index (χ4n) is 2.44. The van der Waals surface area contributed by atoms with Crippen LogP contribution >= 0.6 is 11.8 Å². The molecule has 1 atom stereocenters. The number of nitrogens with zero attached hydrogens (tertiary/aromatic N) is 2. The van der Waals surface area contributed by atoms with Gasteiger partial charge < -0.3 is 9.84 Å². The highest BCUT2D eigenvalue weighted by molar-refractivity contribution is 8.00. The number of pyridine rings is 1. The van der Waals surface area contributed by atoms with Gasteiger partial charge in [-0.2, -0.15) is 0 Å². The van der Waals surface area contributed by atoms with Crippen LogP contribution in [0, 0.1) is 6.92 Å². The number of rotatable bonds is 8. The van der Waals surface area contributed by atoms with Crippen LogP contribution in [0.25, 0.3) is 0 Å². The van der Waals surface area contributed by atoms with E-state index in [4.69, 9.17) is 4.52 Å². The summed E-state index contributed by atoms with van der Waals surface area (Å²) in [5, 5.41) is 6.89. The number of amides is 1. The molecule has 29 heavy (non-hydrogen) atoms. The van der Waals surface area contributed by atoms with Crippen LogP contribution in [-0.2, 0) is 14.8 Å². The minimum atomic E-state index is -3.80. The molecule has 1 unspecified atom stereocenters. The van der Waals surface area contributed by atoms with Gasteiger partial charge in [0.15, 0.2) is 5.82 Å².